The Morgan fingerprint density at radius 2 is 2.06 bits per heavy atom. The summed E-state index contributed by atoms with van der Waals surface area (Å²) in [4.78, 5) is 15.8. The van der Waals surface area contributed by atoms with E-state index in [2.05, 4.69) is 10.3 Å². The highest BCUT2D eigenvalue weighted by Crippen LogP contribution is 2.28. The molecule has 1 aliphatic rings. The minimum atomic E-state index is 0.0732. The van der Waals surface area contributed by atoms with Crippen LogP contribution < -0.4 is 5.32 Å². The van der Waals surface area contributed by atoms with Gasteiger partial charge in [0.2, 0.25) is 5.91 Å². The normalized spacial score (nSPS) is 17.6. The quantitative estimate of drug-likeness (QED) is 0.866. The maximum atomic E-state index is 11.9. The average molecular weight is 246 g/mol. The molecular weight excluding hydrogens is 224 g/mol. The second kappa shape index (κ2) is 6.53. The van der Waals surface area contributed by atoms with Crippen LogP contribution in [0.3, 0.4) is 0 Å². The van der Waals surface area contributed by atoms with Crippen LogP contribution in [0.1, 0.15) is 57.1 Å². The molecule has 1 unspecified atom stereocenters. The molecule has 1 amide bonds. The van der Waals surface area contributed by atoms with Crippen LogP contribution in [0.25, 0.3) is 0 Å². The number of nitrogens with one attached hydrogen (secondary N) is 1. The molecule has 18 heavy (non-hydrogen) atoms. The zero-order chi connectivity index (χ0) is 12.8. The molecule has 0 spiro atoms. The highest BCUT2D eigenvalue weighted by Gasteiger charge is 2.17. The second-order valence-electron chi connectivity index (χ2n) is 5.26. The van der Waals surface area contributed by atoms with E-state index in [0.717, 1.165) is 17.9 Å². The van der Waals surface area contributed by atoms with Gasteiger partial charge in [-0.3, -0.25) is 9.78 Å². The standard InChI is InChI=1S/C15H22N2O/c1-12(14-8-10-16-11-9-14)17-15(18)7-6-13-4-2-3-5-13/h8-13H,2-7H2,1H3,(H,17,18). The molecule has 1 aromatic rings. The molecule has 0 aliphatic heterocycles. The van der Waals surface area contributed by atoms with E-state index in [0.29, 0.717) is 6.42 Å². The Balaban J connectivity index is 1.73. The Bertz CT molecular complexity index is 371. The van der Waals surface area contributed by atoms with Crippen molar-refractivity contribution < 1.29 is 4.79 Å². The predicted octanol–water partition coefficient (Wildman–Crippen LogP) is 3.23. The van der Waals surface area contributed by atoms with E-state index in [9.17, 15) is 4.79 Å². The summed E-state index contributed by atoms with van der Waals surface area (Å²) in [5.74, 6) is 0.957. The van der Waals surface area contributed by atoms with Gasteiger partial charge in [-0.05, 0) is 37.0 Å². The van der Waals surface area contributed by atoms with Gasteiger partial charge >= 0.3 is 0 Å². The molecule has 0 bridgehead atoms. The topological polar surface area (TPSA) is 42.0 Å². The van der Waals surface area contributed by atoms with Gasteiger partial charge in [0.15, 0.2) is 0 Å². The number of amides is 1. The van der Waals surface area contributed by atoms with E-state index in [1.54, 1.807) is 12.4 Å². The fraction of sp³-hybridized carbons (Fsp3) is 0.600. The second-order valence-corrected chi connectivity index (χ2v) is 5.26. The number of rotatable bonds is 5. The summed E-state index contributed by atoms with van der Waals surface area (Å²) in [6.07, 6.45) is 10.6. The summed E-state index contributed by atoms with van der Waals surface area (Å²) in [5, 5.41) is 3.05. The summed E-state index contributed by atoms with van der Waals surface area (Å²) in [6.45, 7) is 2.02. The van der Waals surface area contributed by atoms with Gasteiger partial charge < -0.3 is 5.32 Å². The van der Waals surface area contributed by atoms with Crippen LogP contribution >= 0.6 is 0 Å². The van der Waals surface area contributed by atoms with Gasteiger partial charge in [0.1, 0.15) is 0 Å². The molecule has 1 heterocycles. The highest BCUT2D eigenvalue weighted by atomic mass is 16.1. The van der Waals surface area contributed by atoms with Crippen molar-refractivity contribution in [3.63, 3.8) is 0 Å². The minimum absolute atomic E-state index is 0.0732. The van der Waals surface area contributed by atoms with Crippen molar-refractivity contribution >= 4 is 5.91 Å². The lowest BCUT2D eigenvalue weighted by molar-refractivity contribution is -0.122. The summed E-state index contributed by atoms with van der Waals surface area (Å²) >= 11 is 0. The van der Waals surface area contributed by atoms with Crippen molar-refractivity contribution in [3.8, 4) is 0 Å². The molecule has 1 saturated carbocycles. The Labute approximate surface area is 109 Å². The van der Waals surface area contributed by atoms with E-state index < -0.39 is 0 Å². The third-order valence-electron chi connectivity index (χ3n) is 3.84. The Morgan fingerprint density at radius 1 is 1.39 bits per heavy atom. The lowest BCUT2D eigenvalue weighted by Crippen LogP contribution is -2.26. The maximum absolute atomic E-state index is 11.9. The monoisotopic (exact) mass is 246 g/mol. The van der Waals surface area contributed by atoms with Crippen molar-refractivity contribution in [2.24, 2.45) is 5.92 Å². The van der Waals surface area contributed by atoms with Gasteiger partial charge in [0.05, 0.1) is 6.04 Å². The molecule has 0 radical (unpaired) electrons. The van der Waals surface area contributed by atoms with Crippen molar-refractivity contribution in [1.82, 2.24) is 10.3 Å². The van der Waals surface area contributed by atoms with Crippen molar-refractivity contribution in [1.29, 1.82) is 0 Å². The summed E-state index contributed by atoms with van der Waals surface area (Å²) in [7, 11) is 0. The van der Waals surface area contributed by atoms with E-state index in [1.165, 1.54) is 25.7 Å². The molecule has 2 rings (SSSR count). The molecule has 3 heteroatoms. The van der Waals surface area contributed by atoms with Gasteiger partial charge in [0, 0.05) is 18.8 Å². The van der Waals surface area contributed by atoms with Gasteiger partial charge in [-0.1, -0.05) is 25.7 Å². The first-order chi connectivity index (χ1) is 8.75. The maximum Gasteiger partial charge on any atom is 0.220 e. The Hall–Kier alpha value is -1.38. The molecule has 98 valence electrons. The number of hydrogen-bond donors (Lipinski definition) is 1. The van der Waals surface area contributed by atoms with E-state index in [4.69, 9.17) is 0 Å². The van der Waals surface area contributed by atoms with Crippen molar-refractivity contribution in [3.05, 3.63) is 30.1 Å². The predicted molar refractivity (Wildman–Crippen MR) is 72.0 cm³/mol. The first-order valence-electron chi connectivity index (χ1n) is 6.95. The molecular formula is C15H22N2O. The molecule has 1 fully saturated rings. The van der Waals surface area contributed by atoms with Gasteiger partial charge in [-0.2, -0.15) is 0 Å². The largest absolute Gasteiger partial charge is 0.350 e. The third-order valence-corrected chi connectivity index (χ3v) is 3.84. The van der Waals surface area contributed by atoms with Crippen LogP contribution in [0.2, 0.25) is 0 Å². The van der Waals surface area contributed by atoms with Crippen LogP contribution in [0, 0.1) is 5.92 Å². The van der Waals surface area contributed by atoms with E-state index >= 15 is 0 Å². The molecule has 1 aromatic heterocycles. The van der Waals surface area contributed by atoms with Crippen LogP contribution in [-0.4, -0.2) is 10.9 Å². The Kier molecular flexibility index (Phi) is 4.73. The van der Waals surface area contributed by atoms with Gasteiger partial charge in [-0.15, -0.1) is 0 Å². The molecule has 1 N–H and O–H groups in total. The minimum Gasteiger partial charge on any atom is -0.350 e. The van der Waals surface area contributed by atoms with E-state index in [1.807, 2.05) is 19.1 Å². The first-order valence-corrected chi connectivity index (χ1v) is 6.95. The number of carbonyl (C=O) groups excluding carboxylic acids is 1. The lowest BCUT2D eigenvalue weighted by Gasteiger charge is -2.15. The smallest absolute Gasteiger partial charge is 0.220 e. The Morgan fingerprint density at radius 3 is 2.72 bits per heavy atom. The first kappa shape index (κ1) is 13.1. The molecule has 1 atom stereocenters. The van der Waals surface area contributed by atoms with Gasteiger partial charge in [-0.25, -0.2) is 0 Å². The number of hydrogen-bond acceptors (Lipinski definition) is 2. The van der Waals surface area contributed by atoms with Crippen LogP contribution in [0.4, 0.5) is 0 Å². The third kappa shape index (κ3) is 3.83. The van der Waals surface area contributed by atoms with Crippen LogP contribution in [0.15, 0.2) is 24.5 Å². The van der Waals surface area contributed by atoms with Crippen LogP contribution in [-0.2, 0) is 4.79 Å². The molecule has 1 aliphatic carbocycles. The summed E-state index contributed by atoms with van der Waals surface area (Å²) < 4.78 is 0. The fourth-order valence-electron chi connectivity index (χ4n) is 2.68. The van der Waals surface area contributed by atoms with E-state index in [-0.39, 0.29) is 11.9 Å². The lowest BCUT2D eigenvalue weighted by atomic mass is 10.0. The van der Waals surface area contributed by atoms with Crippen LogP contribution in [0.5, 0.6) is 0 Å². The molecule has 0 aromatic carbocycles. The summed E-state index contributed by atoms with van der Waals surface area (Å²) in [5.41, 5.74) is 1.11. The number of aromatic nitrogens is 1. The zero-order valence-electron chi connectivity index (χ0n) is 11.1. The number of pyridine rings is 1. The average Bonchev–Trinajstić information content (AvgIpc) is 2.90. The SMILES string of the molecule is CC(NC(=O)CCC1CCCC1)c1ccncc1. The summed E-state index contributed by atoms with van der Waals surface area (Å²) in [6, 6.07) is 3.97. The van der Waals surface area contributed by atoms with Crippen molar-refractivity contribution in [2.75, 3.05) is 0 Å². The van der Waals surface area contributed by atoms with Crippen molar-refractivity contribution in [2.45, 2.75) is 51.5 Å². The molecule has 0 saturated heterocycles. The highest BCUT2D eigenvalue weighted by molar-refractivity contribution is 5.76. The number of nitrogens with zero attached hydrogens (tertiary/aromatic N) is 1. The fourth-order valence-corrected chi connectivity index (χ4v) is 2.68. The zero-order valence-corrected chi connectivity index (χ0v) is 11.1. The number of carbonyl (C=O) groups is 1. The molecule has 3 nitrogen and oxygen atoms in total. The van der Waals surface area contributed by atoms with Gasteiger partial charge in [0.25, 0.3) is 0 Å².